The fraction of sp³-hybridized carbons (Fsp3) is 0.182. The molecular weight excluding hydrogens is 206 g/mol. The molecule has 82 valence electrons. The second kappa shape index (κ2) is 4.14. The zero-order valence-corrected chi connectivity index (χ0v) is 9.04. The van der Waals surface area contributed by atoms with Gasteiger partial charge in [-0.2, -0.15) is 5.10 Å². The van der Waals surface area contributed by atoms with Gasteiger partial charge in [0.2, 0.25) is 5.78 Å². The van der Waals surface area contributed by atoms with Gasteiger partial charge in [-0.15, -0.1) is 0 Å². The van der Waals surface area contributed by atoms with Crippen LogP contribution in [0.3, 0.4) is 0 Å². The fourth-order valence-corrected chi connectivity index (χ4v) is 1.34. The normalized spacial score (nSPS) is 10.1. The number of methoxy groups -OCH3 is 1. The predicted molar refractivity (Wildman–Crippen MR) is 57.4 cm³/mol. The molecule has 0 radical (unpaired) electrons. The number of ether oxygens (including phenoxy) is 1. The molecule has 0 saturated carbocycles. The Labute approximate surface area is 92.7 Å². The van der Waals surface area contributed by atoms with Gasteiger partial charge in [0.1, 0.15) is 11.4 Å². The van der Waals surface area contributed by atoms with Crippen LogP contribution in [-0.4, -0.2) is 27.7 Å². The number of ketones is 1. The van der Waals surface area contributed by atoms with E-state index in [-0.39, 0.29) is 5.78 Å². The van der Waals surface area contributed by atoms with Crippen molar-refractivity contribution >= 4 is 5.78 Å². The van der Waals surface area contributed by atoms with Gasteiger partial charge in [-0.1, -0.05) is 0 Å². The maximum Gasteiger partial charge on any atom is 0.214 e. The molecule has 2 aromatic heterocycles. The maximum atomic E-state index is 12.0. The molecule has 2 heterocycles. The number of nitrogens with zero attached hydrogens (tertiary/aromatic N) is 3. The van der Waals surface area contributed by atoms with Gasteiger partial charge >= 0.3 is 0 Å². The van der Waals surface area contributed by atoms with E-state index >= 15 is 0 Å². The SMILES string of the molecule is COc1cncc(C(=O)c2ccn(C)n2)c1. The van der Waals surface area contributed by atoms with Crippen LogP contribution in [0.4, 0.5) is 0 Å². The Kier molecular flexibility index (Phi) is 2.68. The lowest BCUT2D eigenvalue weighted by Gasteiger charge is -2.01. The highest BCUT2D eigenvalue weighted by atomic mass is 16.5. The number of aryl methyl sites for hydroxylation is 1. The highest BCUT2D eigenvalue weighted by molar-refractivity contribution is 6.07. The average molecular weight is 217 g/mol. The van der Waals surface area contributed by atoms with Crippen LogP contribution >= 0.6 is 0 Å². The first kappa shape index (κ1) is 10.4. The van der Waals surface area contributed by atoms with E-state index in [1.165, 1.54) is 13.3 Å². The Morgan fingerprint density at radius 2 is 2.25 bits per heavy atom. The van der Waals surface area contributed by atoms with Crippen LogP contribution < -0.4 is 4.74 Å². The molecule has 0 fully saturated rings. The van der Waals surface area contributed by atoms with Crippen LogP contribution in [0.25, 0.3) is 0 Å². The summed E-state index contributed by atoms with van der Waals surface area (Å²) in [5.41, 5.74) is 0.871. The molecule has 0 bridgehead atoms. The quantitative estimate of drug-likeness (QED) is 0.721. The first-order valence-corrected chi connectivity index (χ1v) is 4.74. The molecule has 5 nitrogen and oxygen atoms in total. The average Bonchev–Trinajstić information content (AvgIpc) is 2.75. The highest BCUT2D eigenvalue weighted by Gasteiger charge is 2.12. The summed E-state index contributed by atoms with van der Waals surface area (Å²) in [5.74, 6) is 0.397. The first-order valence-electron chi connectivity index (χ1n) is 4.74. The molecule has 2 rings (SSSR count). The minimum atomic E-state index is -0.160. The summed E-state index contributed by atoms with van der Waals surface area (Å²) < 4.78 is 6.59. The van der Waals surface area contributed by atoms with E-state index in [0.717, 1.165) is 0 Å². The minimum Gasteiger partial charge on any atom is -0.495 e. The lowest BCUT2D eigenvalue weighted by molar-refractivity contribution is 0.103. The number of carbonyl (C=O) groups is 1. The number of rotatable bonds is 3. The monoisotopic (exact) mass is 217 g/mol. The molecule has 5 heteroatoms. The predicted octanol–water partition coefficient (Wildman–Crippen LogP) is 1.05. The third-order valence-electron chi connectivity index (χ3n) is 2.16. The van der Waals surface area contributed by atoms with Crippen molar-refractivity contribution in [1.82, 2.24) is 14.8 Å². The minimum absolute atomic E-state index is 0.160. The standard InChI is InChI=1S/C11H11N3O2/c1-14-4-3-10(13-14)11(15)8-5-9(16-2)7-12-6-8/h3-7H,1-2H3. The largest absolute Gasteiger partial charge is 0.495 e. The van der Waals surface area contributed by atoms with Crippen LogP contribution in [0.15, 0.2) is 30.7 Å². The molecule has 0 spiro atoms. The van der Waals surface area contributed by atoms with Crippen LogP contribution in [0.2, 0.25) is 0 Å². The Morgan fingerprint density at radius 1 is 1.44 bits per heavy atom. The molecule has 0 unspecified atom stereocenters. The Morgan fingerprint density at radius 3 is 2.88 bits per heavy atom. The van der Waals surface area contributed by atoms with E-state index < -0.39 is 0 Å². The van der Waals surface area contributed by atoms with Crippen molar-refractivity contribution in [2.24, 2.45) is 7.05 Å². The van der Waals surface area contributed by atoms with Gasteiger partial charge in [0.15, 0.2) is 0 Å². The first-order chi connectivity index (χ1) is 7.70. The molecule has 0 aliphatic carbocycles. The van der Waals surface area contributed by atoms with Gasteiger partial charge in [0.25, 0.3) is 0 Å². The summed E-state index contributed by atoms with van der Waals surface area (Å²) in [4.78, 5) is 15.9. The van der Waals surface area contributed by atoms with E-state index in [1.54, 1.807) is 36.3 Å². The lowest BCUT2D eigenvalue weighted by Crippen LogP contribution is -2.04. The number of aromatic nitrogens is 3. The van der Waals surface area contributed by atoms with E-state index in [1.807, 2.05) is 0 Å². The molecule has 0 N–H and O–H groups in total. The van der Waals surface area contributed by atoms with Gasteiger partial charge in [0, 0.05) is 25.0 Å². The van der Waals surface area contributed by atoms with E-state index in [2.05, 4.69) is 10.1 Å². The molecule has 0 aromatic carbocycles. The summed E-state index contributed by atoms with van der Waals surface area (Å²) in [6.07, 6.45) is 4.77. The summed E-state index contributed by atoms with van der Waals surface area (Å²) >= 11 is 0. The number of carbonyl (C=O) groups excluding carboxylic acids is 1. The number of pyridine rings is 1. The molecule has 0 aliphatic rings. The second-order valence-electron chi connectivity index (χ2n) is 3.32. The van der Waals surface area contributed by atoms with Gasteiger partial charge in [-0.3, -0.25) is 14.5 Å². The van der Waals surface area contributed by atoms with E-state index in [0.29, 0.717) is 17.0 Å². The van der Waals surface area contributed by atoms with Crippen LogP contribution in [0.5, 0.6) is 5.75 Å². The zero-order chi connectivity index (χ0) is 11.5. The Balaban J connectivity index is 2.33. The fourth-order valence-electron chi connectivity index (χ4n) is 1.34. The molecule has 0 saturated heterocycles. The summed E-state index contributed by atoms with van der Waals surface area (Å²) in [6, 6.07) is 3.31. The summed E-state index contributed by atoms with van der Waals surface area (Å²) in [6.45, 7) is 0. The molecule has 0 atom stereocenters. The Bertz CT molecular complexity index is 519. The maximum absolute atomic E-state index is 12.0. The van der Waals surface area contributed by atoms with Crippen molar-refractivity contribution in [2.75, 3.05) is 7.11 Å². The highest BCUT2D eigenvalue weighted by Crippen LogP contribution is 2.13. The number of hydrogen-bond acceptors (Lipinski definition) is 4. The molecular formula is C11H11N3O2. The van der Waals surface area contributed by atoms with Crippen LogP contribution in [0, 0.1) is 0 Å². The smallest absolute Gasteiger partial charge is 0.214 e. The van der Waals surface area contributed by atoms with Crippen molar-refractivity contribution in [3.63, 3.8) is 0 Å². The van der Waals surface area contributed by atoms with Gasteiger partial charge in [0.05, 0.1) is 13.3 Å². The van der Waals surface area contributed by atoms with Gasteiger partial charge < -0.3 is 4.74 Å². The van der Waals surface area contributed by atoms with Crippen LogP contribution in [0.1, 0.15) is 16.1 Å². The molecule has 0 amide bonds. The topological polar surface area (TPSA) is 57.0 Å². The Hall–Kier alpha value is -2.17. The van der Waals surface area contributed by atoms with Crippen molar-refractivity contribution in [1.29, 1.82) is 0 Å². The van der Waals surface area contributed by atoms with Crippen LogP contribution in [-0.2, 0) is 7.05 Å². The summed E-state index contributed by atoms with van der Waals surface area (Å²) in [7, 11) is 3.30. The molecule has 16 heavy (non-hydrogen) atoms. The van der Waals surface area contributed by atoms with Crippen molar-refractivity contribution in [2.45, 2.75) is 0 Å². The summed E-state index contributed by atoms with van der Waals surface area (Å²) in [5, 5.41) is 4.04. The van der Waals surface area contributed by atoms with Gasteiger partial charge in [-0.25, -0.2) is 0 Å². The van der Waals surface area contributed by atoms with Crippen molar-refractivity contribution in [3.8, 4) is 5.75 Å². The molecule has 2 aromatic rings. The van der Waals surface area contributed by atoms with Gasteiger partial charge in [-0.05, 0) is 12.1 Å². The zero-order valence-electron chi connectivity index (χ0n) is 9.04. The van der Waals surface area contributed by atoms with E-state index in [4.69, 9.17) is 4.74 Å². The van der Waals surface area contributed by atoms with Crippen molar-refractivity contribution < 1.29 is 9.53 Å². The third kappa shape index (κ3) is 1.93. The second-order valence-corrected chi connectivity index (χ2v) is 3.32. The van der Waals surface area contributed by atoms with Crippen molar-refractivity contribution in [3.05, 3.63) is 42.0 Å². The number of hydrogen-bond donors (Lipinski definition) is 0. The van der Waals surface area contributed by atoms with E-state index in [9.17, 15) is 4.79 Å². The molecule has 0 aliphatic heterocycles. The third-order valence-corrected chi connectivity index (χ3v) is 2.16. The lowest BCUT2D eigenvalue weighted by atomic mass is 10.1.